The predicted octanol–water partition coefficient (Wildman–Crippen LogP) is 5.81. The zero-order chi connectivity index (χ0) is 21.1. The number of carbonyl (C=O) groups is 1. The summed E-state index contributed by atoms with van der Waals surface area (Å²) in [5.41, 5.74) is 1.68. The Bertz CT molecular complexity index is 1100. The standard InChI is InChI=1S/C24H20Cl2O4/c25-17-10-22(26)21(9-8-19-12-18(27)13-24(28)30-19)23(11-17)29-14-16-6-3-5-15-4-1-2-7-20(15)16/h1-11,18-19,27H,12-14H2/b9-8+/t18-,19-/m1/s1. The van der Waals surface area contributed by atoms with Crippen LogP contribution in [0.15, 0.2) is 60.7 Å². The third-order valence-corrected chi connectivity index (χ3v) is 5.52. The first-order valence-corrected chi connectivity index (χ1v) is 10.4. The van der Waals surface area contributed by atoms with Gasteiger partial charge >= 0.3 is 5.97 Å². The van der Waals surface area contributed by atoms with E-state index >= 15 is 0 Å². The van der Waals surface area contributed by atoms with Crippen LogP contribution in [0.2, 0.25) is 10.0 Å². The summed E-state index contributed by atoms with van der Waals surface area (Å²) >= 11 is 12.6. The maximum Gasteiger partial charge on any atom is 0.309 e. The smallest absolute Gasteiger partial charge is 0.309 e. The summed E-state index contributed by atoms with van der Waals surface area (Å²) in [4.78, 5) is 11.6. The minimum Gasteiger partial charge on any atom is -0.488 e. The van der Waals surface area contributed by atoms with Gasteiger partial charge in [0.25, 0.3) is 0 Å². The average Bonchev–Trinajstić information content (AvgIpc) is 2.70. The number of carbonyl (C=O) groups excluding carboxylic acids is 1. The van der Waals surface area contributed by atoms with Crippen molar-refractivity contribution in [2.24, 2.45) is 0 Å². The highest BCUT2D eigenvalue weighted by atomic mass is 35.5. The van der Waals surface area contributed by atoms with E-state index in [0.29, 0.717) is 34.4 Å². The van der Waals surface area contributed by atoms with Gasteiger partial charge < -0.3 is 14.6 Å². The highest BCUT2D eigenvalue weighted by molar-refractivity contribution is 6.35. The first kappa shape index (κ1) is 20.7. The number of ether oxygens (including phenoxy) is 2. The van der Waals surface area contributed by atoms with Gasteiger partial charge in [-0.2, -0.15) is 0 Å². The number of esters is 1. The zero-order valence-corrected chi connectivity index (χ0v) is 17.6. The largest absolute Gasteiger partial charge is 0.488 e. The molecule has 6 heteroatoms. The van der Waals surface area contributed by atoms with Crippen molar-refractivity contribution in [3.05, 3.63) is 81.8 Å². The van der Waals surface area contributed by atoms with Crippen LogP contribution in [0, 0.1) is 0 Å². The molecule has 4 nitrogen and oxygen atoms in total. The van der Waals surface area contributed by atoms with Gasteiger partial charge in [-0.05, 0) is 34.5 Å². The third-order valence-electron chi connectivity index (χ3n) is 4.99. The summed E-state index contributed by atoms with van der Waals surface area (Å²) in [6.07, 6.45) is 2.60. The van der Waals surface area contributed by atoms with E-state index in [9.17, 15) is 9.90 Å². The Morgan fingerprint density at radius 2 is 1.93 bits per heavy atom. The van der Waals surface area contributed by atoms with Crippen LogP contribution in [0.25, 0.3) is 16.8 Å². The average molecular weight is 443 g/mol. The van der Waals surface area contributed by atoms with E-state index in [1.807, 2.05) is 24.3 Å². The zero-order valence-electron chi connectivity index (χ0n) is 16.1. The summed E-state index contributed by atoms with van der Waals surface area (Å²) < 4.78 is 11.4. The summed E-state index contributed by atoms with van der Waals surface area (Å²) in [6.45, 7) is 0.343. The Morgan fingerprint density at radius 3 is 2.77 bits per heavy atom. The van der Waals surface area contributed by atoms with Crippen LogP contribution >= 0.6 is 23.2 Å². The van der Waals surface area contributed by atoms with E-state index in [1.165, 1.54) is 0 Å². The Kier molecular flexibility index (Phi) is 6.28. The molecular weight excluding hydrogens is 423 g/mol. The summed E-state index contributed by atoms with van der Waals surface area (Å²) in [6, 6.07) is 17.5. The van der Waals surface area contributed by atoms with Gasteiger partial charge in [-0.1, -0.05) is 71.7 Å². The lowest BCUT2D eigenvalue weighted by molar-refractivity contribution is -0.156. The van der Waals surface area contributed by atoms with Crippen molar-refractivity contribution in [3.8, 4) is 5.75 Å². The van der Waals surface area contributed by atoms with Crippen molar-refractivity contribution >= 4 is 46.0 Å². The van der Waals surface area contributed by atoms with E-state index in [0.717, 1.165) is 16.3 Å². The predicted molar refractivity (Wildman–Crippen MR) is 119 cm³/mol. The maximum absolute atomic E-state index is 11.6. The molecule has 1 N–H and O–H groups in total. The molecular formula is C24H20Cl2O4. The molecule has 3 aromatic carbocycles. The van der Waals surface area contributed by atoms with Crippen LogP contribution in [-0.4, -0.2) is 23.3 Å². The first-order chi connectivity index (χ1) is 14.5. The van der Waals surface area contributed by atoms with E-state index in [4.69, 9.17) is 32.7 Å². The first-order valence-electron chi connectivity index (χ1n) is 9.64. The van der Waals surface area contributed by atoms with Gasteiger partial charge in [0.15, 0.2) is 0 Å². The second kappa shape index (κ2) is 9.09. The Balaban J connectivity index is 1.58. The molecule has 30 heavy (non-hydrogen) atoms. The molecule has 1 saturated heterocycles. The van der Waals surface area contributed by atoms with Crippen molar-refractivity contribution in [2.75, 3.05) is 0 Å². The van der Waals surface area contributed by atoms with Gasteiger partial charge in [-0.25, -0.2) is 0 Å². The quantitative estimate of drug-likeness (QED) is 0.506. The SMILES string of the molecule is O=C1C[C@H](O)C[C@@H](/C=C/c2c(Cl)cc(Cl)cc2OCc2cccc3ccccc23)O1. The van der Waals surface area contributed by atoms with Gasteiger partial charge in [0.1, 0.15) is 18.5 Å². The molecule has 1 aliphatic heterocycles. The molecule has 2 atom stereocenters. The third kappa shape index (κ3) is 4.78. The van der Waals surface area contributed by atoms with Crippen LogP contribution in [-0.2, 0) is 16.1 Å². The number of hydrogen-bond donors (Lipinski definition) is 1. The fourth-order valence-electron chi connectivity index (χ4n) is 3.55. The lowest BCUT2D eigenvalue weighted by Crippen LogP contribution is -2.31. The number of halogens is 2. The van der Waals surface area contributed by atoms with Gasteiger partial charge in [-0.15, -0.1) is 0 Å². The van der Waals surface area contributed by atoms with Crippen LogP contribution in [0.4, 0.5) is 0 Å². The molecule has 4 rings (SSSR count). The molecule has 1 heterocycles. The number of cyclic esters (lactones) is 1. The highest BCUT2D eigenvalue weighted by Gasteiger charge is 2.25. The summed E-state index contributed by atoms with van der Waals surface area (Å²) in [5, 5.41) is 12.9. The number of benzene rings is 3. The molecule has 1 fully saturated rings. The molecule has 0 amide bonds. The second-order valence-electron chi connectivity index (χ2n) is 7.21. The number of fused-ring (bicyclic) bond motifs is 1. The van der Waals surface area contributed by atoms with Crippen LogP contribution in [0.5, 0.6) is 5.75 Å². The molecule has 0 bridgehead atoms. The Hall–Kier alpha value is -2.53. The fraction of sp³-hybridized carbons (Fsp3) is 0.208. The Labute approximate surface area is 184 Å². The summed E-state index contributed by atoms with van der Waals surface area (Å²) in [7, 11) is 0. The normalized spacial score (nSPS) is 19.2. The summed E-state index contributed by atoms with van der Waals surface area (Å²) in [5.74, 6) is 0.109. The molecule has 3 aromatic rings. The van der Waals surface area contributed by atoms with Crippen LogP contribution in [0.3, 0.4) is 0 Å². The number of aliphatic hydroxyl groups excluding tert-OH is 1. The number of aliphatic hydroxyl groups is 1. The topological polar surface area (TPSA) is 55.8 Å². The second-order valence-corrected chi connectivity index (χ2v) is 8.05. The Morgan fingerprint density at radius 1 is 1.13 bits per heavy atom. The highest BCUT2D eigenvalue weighted by Crippen LogP contribution is 2.33. The minimum absolute atomic E-state index is 0.0193. The van der Waals surface area contributed by atoms with E-state index in [2.05, 4.69) is 18.2 Å². The molecule has 0 saturated carbocycles. The van der Waals surface area contributed by atoms with E-state index in [1.54, 1.807) is 24.3 Å². The van der Waals surface area contributed by atoms with Crippen molar-refractivity contribution in [1.82, 2.24) is 0 Å². The monoisotopic (exact) mass is 442 g/mol. The molecule has 0 aliphatic carbocycles. The number of rotatable bonds is 5. The number of hydrogen-bond acceptors (Lipinski definition) is 4. The van der Waals surface area contributed by atoms with Crippen molar-refractivity contribution in [1.29, 1.82) is 0 Å². The molecule has 0 unspecified atom stereocenters. The lowest BCUT2D eigenvalue weighted by Gasteiger charge is -2.23. The lowest BCUT2D eigenvalue weighted by atomic mass is 10.0. The van der Waals surface area contributed by atoms with Crippen LogP contribution in [0.1, 0.15) is 24.0 Å². The van der Waals surface area contributed by atoms with Crippen molar-refractivity contribution in [2.45, 2.75) is 31.7 Å². The molecule has 0 radical (unpaired) electrons. The molecule has 1 aliphatic rings. The molecule has 0 aromatic heterocycles. The van der Waals surface area contributed by atoms with E-state index < -0.39 is 18.2 Å². The van der Waals surface area contributed by atoms with Gasteiger partial charge in [0.2, 0.25) is 0 Å². The fourth-order valence-corrected chi connectivity index (χ4v) is 4.08. The van der Waals surface area contributed by atoms with Crippen LogP contribution < -0.4 is 4.74 Å². The minimum atomic E-state index is -0.705. The van der Waals surface area contributed by atoms with Gasteiger partial charge in [0.05, 0.1) is 17.5 Å². The molecule has 154 valence electrons. The van der Waals surface area contributed by atoms with Gasteiger partial charge in [-0.3, -0.25) is 4.79 Å². The molecule has 0 spiro atoms. The van der Waals surface area contributed by atoms with Crippen molar-refractivity contribution in [3.63, 3.8) is 0 Å². The van der Waals surface area contributed by atoms with Gasteiger partial charge in [0, 0.05) is 17.0 Å². The maximum atomic E-state index is 11.6. The van der Waals surface area contributed by atoms with Crippen molar-refractivity contribution < 1.29 is 19.4 Å². The van der Waals surface area contributed by atoms with E-state index in [-0.39, 0.29) is 6.42 Å².